The summed E-state index contributed by atoms with van der Waals surface area (Å²) in [7, 11) is -5.58. The van der Waals surface area contributed by atoms with Crippen molar-refractivity contribution in [2.75, 3.05) is 0 Å². The van der Waals surface area contributed by atoms with Gasteiger partial charge in [-0.25, -0.2) is 0 Å². The van der Waals surface area contributed by atoms with Crippen LogP contribution in [0.4, 0.5) is 3.89 Å². The highest BCUT2D eigenvalue weighted by Crippen LogP contribution is 2.37. The summed E-state index contributed by atoms with van der Waals surface area (Å²) in [5.74, 6) is -0.123. The third-order valence-electron chi connectivity index (χ3n) is 4.16. The number of rotatable bonds is 5. The largest absolute Gasteiger partial charge is 0.488 e. The third kappa shape index (κ3) is 4.44. The lowest BCUT2D eigenvalue weighted by atomic mass is 9.80. The maximum Gasteiger partial charge on any atom is 0.488 e. The fraction of sp³-hybridized carbons (Fsp3) is 0.571. The van der Waals surface area contributed by atoms with Crippen molar-refractivity contribution in [1.29, 1.82) is 0 Å². The molecule has 0 aromatic heterocycles. The van der Waals surface area contributed by atoms with Gasteiger partial charge in [0, 0.05) is 12.9 Å². The minimum absolute atomic E-state index is 0.123. The van der Waals surface area contributed by atoms with Crippen LogP contribution in [0.15, 0.2) is 18.2 Å². The van der Waals surface area contributed by atoms with Crippen molar-refractivity contribution in [3.63, 3.8) is 0 Å². The monoisotopic (exact) mass is 345 g/mol. The van der Waals surface area contributed by atoms with Crippen LogP contribution in [-0.4, -0.2) is 26.7 Å². The molecule has 23 heavy (non-hydrogen) atoms. The van der Waals surface area contributed by atoms with Crippen LogP contribution in [-0.2, 0) is 32.7 Å². The van der Waals surface area contributed by atoms with E-state index in [0.29, 0.717) is 17.4 Å². The zero-order valence-corrected chi connectivity index (χ0v) is 14.4. The van der Waals surface area contributed by atoms with E-state index >= 15 is 0 Å². The first kappa shape index (κ1) is 18.2. The molecule has 2 N–H and O–H groups in total. The van der Waals surface area contributed by atoms with Crippen molar-refractivity contribution in [2.45, 2.75) is 51.8 Å². The van der Waals surface area contributed by atoms with Gasteiger partial charge in [0.25, 0.3) is 0 Å². The molecule has 0 radical (unpaired) electrons. The molecule has 6 nitrogen and oxygen atoms in total. The molecule has 0 spiro atoms. The van der Waals surface area contributed by atoms with E-state index < -0.39 is 28.8 Å². The van der Waals surface area contributed by atoms with Gasteiger partial charge < -0.3 is 19.2 Å². The summed E-state index contributed by atoms with van der Waals surface area (Å²) in [6, 6.07) is 4.59. The Bertz CT molecular complexity index is 676. The normalized spacial score (nSPS) is 19.8. The second-order valence-electron chi connectivity index (χ2n) is 6.56. The lowest BCUT2D eigenvalue weighted by Crippen LogP contribution is -2.41. The lowest BCUT2D eigenvalue weighted by Gasteiger charge is -2.32. The molecule has 2 rings (SSSR count). The van der Waals surface area contributed by atoms with E-state index in [9.17, 15) is 12.3 Å². The zero-order valence-electron chi connectivity index (χ0n) is 13.6. The summed E-state index contributed by atoms with van der Waals surface area (Å²) >= 11 is 0. The molecule has 9 heteroatoms. The number of benzene rings is 1. The van der Waals surface area contributed by atoms with Gasteiger partial charge in [-0.1, -0.05) is 9.95 Å². The first-order valence-electron chi connectivity index (χ1n) is 7.24. The van der Waals surface area contributed by atoms with E-state index in [-0.39, 0.29) is 12.3 Å². The van der Waals surface area contributed by atoms with Crippen molar-refractivity contribution in [2.24, 2.45) is 5.73 Å². The standard InChI is InChI=1S/C14H21BFNO5S/c1-13(2)14(3,4)22-15(21-13)8-10-5-11(9-17)7-12(6-10)20-23(16,18)19/h5-7H,8-9,17H2,1-4H3. The summed E-state index contributed by atoms with van der Waals surface area (Å²) in [6.07, 6.45) is 0.364. The minimum Gasteiger partial charge on any atom is -0.403 e. The van der Waals surface area contributed by atoms with Gasteiger partial charge in [0.05, 0.1) is 11.2 Å². The van der Waals surface area contributed by atoms with E-state index in [1.54, 1.807) is 6.07 Å². The summed E-state index contributed by atoms with van der Waals surface area (Å²) in [6.45, 7) is 7.92. The Hall–Kier alpha value is -1.16. The van der Waals surface area contributed by atoms with Crippen molar-refractivity contribution in [1.82, 2.24) is 0 Å². The first-order chi connectivity index (χ1) is 10.4. The molecule has 0 unspecified atom stereocenters. The van der Waals surface area contributed by atoms with Gasteiger partial charge in [-0.15, -0.1) is 0 Å². The fourth-order valence-corrected chi connectivity index (χ4v) is 2.69. The van der Waals surface area contributed by atoms with Crippen LogP contribution >= 0.6 is 0 Å². The molecule has 0 atom stereocenters. The maximum absolute atomic E-state index is 12.7. The molecule has 1 saturated heterocycles. The van der Waals surface area contributed by atoms with Crippen LogP contribution in [0.3, 0.4) is 0 Å². The molecule has 0 aliphatic carbocycles. The van der Waals surface area contributed by atoms with Crippen LogP contribution in [0.5, 0.6) is 5.75 Å². The summed E-state index contributed by atoms with van der Waals surface area (Å²) in [4.78, 5) is 0. The molecular weight excluding hydrogens is 324 g/mol. The Kier molecular flexibility index (Phi) is 4.78. The maximum atomic E-state index is 12.7. The topological polar surface area (TPSA) is 87.9 Å². The summed E-state index contributed by atoms with van der Waals surface area (Å²) < 4.78 is 50.1. The highest BCUT2D eigenvalue weighted by atomic mass is 32.3. The van der Waals surface area contributed by atoms with Gasteiger partial charge >= 0.3 is 17.6 Å². The van der Waals surface area contributed by atoms with Crippen LogP contribution < -0.4 is 9.92 Å². The molecule has 1 aliphatic heterocycles. The predicted molar refractivity (Wildman–Crippen MR) is 84.8 cm³/mol. The highest BCUT2D eigenvalue weighted by molar-refractivity contribution is 7.81. The van der Waals surface area contributed by atoms with E-state index in [1.165, 1.54) is 12.1 Å². The summed E-state index contributed by atoms with van der Waals surface area (Å²) in [5.41, 5.74) is 5.96. The number of hydrogen-bond donors (Lipinski definition) is 1. The average molecular weight is 345 g/mol. The molecule has 1 aromatic carbocycles. The van der Waals surface area contributed by atoms with Gasteiger partial charge in [0.1, 0.15) is 5.75 Å². The van der Waals surface area contributed by atoms with Crippen molar-refractivity contribution >= 4 is 17.6 Å². The van der Waals surface area contributed by atoms with Crippen LogP contribution in [0.2, 0.25) is 0 Å². The Labute approximate surface area is 136 Å². The van der Waals surface area contributed by atoms with Gasteiger partial charge in [-0.05, 0) is 51.0 Å². The van der Waals surface area contributed by atoms with Crippen LogP contribution in [0.25, 0.3) is 0 Å². The van der Waals surface area contributed by atoms with E-state index in [0.717, 1.165) is 0 Å². The molecule has 0 amide bonds. The number of halogens is 1. The summed E-state index contributed by atoms with van der Waals surface area (Å²) in [5, 5.41) is 0. The lowest BCUT2D eigenvalue weighted by molar-refractivity contribution is 0.00578. The van der Waals surface area contributed by atoms with Crippen LogP contribution in [0, 0.1) is 0 Å². The Morgan fingerprint density at radius 2 is 1.65 bits per heavy atom. The number of nitrogens with two attached hydrogens (primary N) is 1. The van der Waals surface area contributed by atoms with E-state index in [1.807, 2.05) is 27.7 Å². The second-order valence-corrected chi connectivity index (χ2v) is 7.51. The molecular formula is C14H21BFNO5S. The Morgan fingerprint density at radius 3 is 2.13 bits per heavy atom. The van der Waals surface area contributed by atoms with Gasteiger partial charge in [0.2, 0.25) is 0 Å². The third-order valence-corrected chi connectivity index (χ3v) is 4.55. The smallest absolute Gasteiger partial charge is 0.403 e. The molecule has 0 saturated carbocycles. The quantitative estimate of drug-likeness (QED) is 0.648. The molecule has 0 bridgehead atoms. The zero-order chi connectivity index (χ0) is 17.5. The number of hydrogen-bond acceptors (Lipinski definition) is 6. The minimum atomic E-state index is -5.09. The fourth-order valence-electron chi connectivity index (χ4n) is 2.37. The first-order valence-corrected chi connectivity index (χ1v) is 8.55. The van der Waals surface area contributed by atoms with Gasteiger partial charge in [0.15, 0.2) is 0 Å². The van der Waals surface area contributed by atoms with E-state index in [2.05, 4.69) is 4.18 Å². The molecule has 128 valence electrons. The average Bonchev–Trinajstić information content (AvgIpc) is 2.54. The predicted octanol–water partition coefficient (Wildman–Crippen LogP) is 1.91. The van der Waals surface area contributed by atoms with Gasteiger partial charge in [-0.2, -0.15) is 8.42 Å². The Morgan fingerprint density at radius 1 is 1.13 bits per heavy atom. The van der Waals surface area contributed by atoms with Crippen molar-refractivity contribution in [3.8, 4) is 5.75 Å². The van der Waals surface area contributed by atoms with Gasteiger partial charge in [-0.3, -0.25) is 0 Å². The van der Waals surface area contributed by atoms with Crippen molar-refractivity contribution in [3.05, 3.63) is 29.3 Å². The van der Waals surface area contributed by atoms with Crippen molar-refractivity contribution < 1.29 is 25.8 Å². The SMILES string of the molecule is CC1(C)OB(Cc2cc(CN)cc(OS(=O)(=O)F)c2)OC1(C)C. The Balaban J connectivity index is 2.22. The van der Waals surface area contributed by atoms with Crippen LogP contribution in [0.1, 0.15) is 38.8 Å². The second kappa shape index (κ2) is 6.05. The molecule has 1 aromatic rings. The molecule has 1 heterocycles. The highest BCUT2D eigenvalue weighted by Gasteiger charge is 2.50. The van der Waals surface area contributed by atoms with E-state index in [4.69, 9.17) is 15.0 Å². The molecule has 1 aliphatic rings. The molecule has 1 fully saturated rings.